The minimum Gasteiger partial charge on any atom is -0.462 e. The second-order valence-electron chi connectivity index (χ2n) is 16.7. The molecule has 0 bridgehead atoms. The third kappa shape index (κ3) is 47.7. The summed E-state index contributed by atoms with van der Waals surface area (Å²) in [5.41, 5.74) is 0. The van der Waals surface area contributed by atoms with E-state index in [-0.39, 0.29) is 31.1 Å². The number of unbranched alkanes of at least 4 members (excludes halogenated alkanes) is 22. The highest BCUT2D eigenvalue weighted by atomic mass is 16.6. The summed E-state index contributed by atoms with van der Waals surface area (Å²) in [6.45, 7) is 6.44. The molecule has 0 N–H and O–H groups in total. The van der Waals surface area contributed by atoms with Crippen LogP contribution in [-0.2, 0) is 28.6 Å². The average molecular weight is 851 g/mol. The minimum absolute atomic E-state index is 0.0958. The van der Waals surface area contributed by atoms with Crippen LogP contribution in [0.1, 0.15) is 239 Å². The van der Waals surface area contributed by atoms with Crippen molar-refractivity contribution in [2.24, 2.45) is 0 Å². The van der Waals surface area contributed by atoms with Crippen molar-refractivity contribution in [2.75, 3.05) is 13.2 Å². The van der Waals surface area contributed by atoms with E-state index in [4.69, 9.17) is 14.2 Å². The predicted molar refractivity (Wildman–Crippen MR) is 261 cm³/mol. The lowest BCUT2D eigenvalue weighted by Gasteiger charge is -2.18. The number of hydrogen-bond donors (Lipinski definition) is 0. The number of hydrogen-bond acceptors (Lipinski definition) is 6. The lowest BCUT2D eigenvalue weighted by atomic mass is 10.1. The molecule has 1 atom stereocenters. The molecule has 0 amide bonds. The van der Waals surface area contributed by atoms with E-state index in [0.717, 1.165) is 122 Å². The van der Waals surface area contributed by atoms with Gasteiger partial charge in [0.1, 0.15) is 13.2 Å². The van der Waals surface area contributed by atoms with Crippen LogP contribution in [0.3, 0.4) is 0 Å². The largest absolute Gasteiger partial charge is 0.462 e. The molecule has 0 heterocycles. The van der Waals surface area contributed by atoms with Crippen LogP contribution in [0.4, 0.5) is 0 Å². The van der Waals surface area contributed by atoms with Gasteiger partial charge in [0.05, 0.1) is 0 Å². The van der Waals surface area contributed by atoms with Crippen LogP contribution in [0.5, 0.6) is 0 Å². The topological polar surface area (TPSA) is 78.9 Å². The van der Waals surface area contributed by atoms with Gasteiger partial charge in [0.15, 0.2) is 6.10 Å². The standard InChI is InChI=1S/C55H94O6/c1-4-7-10-13-16-19-22-25-27-30-33-36-39-42-45-48-54(57)60-51-52(50-59-53(56)47-44-41-38-35-32-29-24-21-18-15-12-9-6-3)61-55(58)49-46-43-40-37-34-31-28-26-23-20-17-14-11-8-5-2/h9,12,16,18-19,21,25-29,32,52H,4-8,10-11,13-15,17,20,22-24,30-31,33-51H2,1-3H3/b12-9-,19-16-,21-18-,27-25-,28-26-,32-29-. The van der Waals surface area contributed by atoms with E-state index >= 15 is 0 Å². The van der Waals surface area contributed by atoms with Gasteiger partial charge in [0.25, 0.3) is 0 Å². The van der Waals surface area contributed by atoms with Crippen molar-refractivity contribution >= 4 is 17.9 Å². The van der Waals surface area contributed by atoms with Gasteiger partial charge in [-0.2, -0.15) is 0 Å². The van der Waals surface area contributed by atoms with Crippen LogP contribution < -0.4 is 0 Å². The summed E-state index contributed by atoms with van der Waals surface area (Å²) in [7, 11) is 0. The molecule has 6 heteroatoms. The van der Waals surface area contributed by atoms with Gasteiger partial charge >= 0.3 is 17.9 Å². The quantitative estimate of drug-likeness (QED) is 0.0263. The Morgan fingerprint density at radius 3 is 1.07 bits per heavy atom. The van der Waals surface area contributed by atoms with Crippen LogP contribution in [0.25, 0.3) is 0 Å². The fraction of sp³-hybridized carbons (Fsp3) is 0.727. The molecule has 350 valence electrons. The first-order valence-corrected chi connectivity index (χ1v) is 25.4. The Labute approximate surface area is 376 Å². The summed E-state index contributed by atoms with van der Waals surface area (Å²) in [5, 5.41) is 0. The molecule has 0 aliphatic carbocycles. The van der Waals surface area contributed by atoms with Gasteiger partial charge in [0, 0.05) is 19.3 Å². The van der Waals surface area contributed by atoms with E-state index in [1.807, 2.05) is 0 Å². The molecule has 6 nitrogen and oxygen atoms in total. The Morgan fingerprint density at radius 1 is 0.344 bits per heavy atom. The van der Waals surface area contributed by atoms with Crippen LogP contribution in [-0.4, -0.2) is 37.2 Å². The first kappa shape index (κ1) is 57.9. The van der Waals surface area contributed by atoms with Crippen molar-refractivity contribution < 1.29 is 28.6 Å². The highest BCUT2D eigenvalue weighted by molar-refractivity contribution is 5.71. The van der Waals surface area contributed by atoms with Gasteiger partial charge in [-0.3, -0.25) is 14.4 Å². The molecule has 61 heavy (non-hydrogen) atoms. The Bertz CT molecular complexity index is 1160. The molecule has 0 fully saturated rings. The average Bonchev–Trinajstić information content (AvgIpc) is 3.26. The van der Waals surface area contributed by atoms with Gasteiger partial charge in [-0.05, 0) is 109 Å². The van der Waals surface area contributed by atoms with Crippen molar-refractivity contribution in [3.8, 4) is 0 Å². The second-order valence-corrected chi connectivity index (χ2v) is 16.7. The van der Waals surface area contributed by atoms with Gasteiger partial charge in [0.2, 0.25) is 0 Å². The summed E-state index contributed by atoms with van der Waals surface area (Å²) in [6.07, 6.45) is 61.7. The van der Waals surface area contributed by atoms with Crippen molar-refractivity contribution in [3.05, 3.63) is 72.9 Å². The zero-order valence-electron chi connectivity index (χ0n) is 39.9. The number of allylic oxidation sites excluding steroid dienone is 12. The summed E-state index contributed by atoms with van der Waals surface area (Å²) >= 11 is 0. The molecule has 0 saturated heterocycles. The number of carbonyl (C=O) groups is 3. The lowest BCUT2D eigenvalue weighted by Crippen LogP contribution is -2.30. The normalized spacial score (nSPS) is 12.6. The van der Waals surface area contributed by atoms with E-state index in [9.17, 15) is 14.4 Å². The Hall–Kier alpha value is -3.15. The number of esters is 3. The summed E-state index contributed by atoms with van der Waals surface area (Å²) in [6, 6.07) is 0. The van der Waals surface area contributed by atoms with E-state index < -0.39 is 6.10 Å². The van der Waals surface area contributed by atoms with E-state index in [1.165, 1.54) is 77.0 Å². The zero-order valence-corrected chi connectivity index (χ0v) is 39.9. The van der Waals surface area contributed by atoms with Crippen molar-refractivity contribution in [1.29, 1.82) is 0 Å². The Morgan fingerprint density at radius 2 is 0.639 bits per heavy atom. The fourth-order valence-corrected chi connectivity index (χ4v) is 6.83. The molecule has 0 rings (SSSR count). The van der Waals surface area contributed by atoms with Crippen LogP contribution in [0, 0.1) is 0 Å². The number of ether oxygens (including phenoxy) is 3. The molecule has 1 unspecified atom stereocenters. The summed E-state index contributed by atoms with van der Waals surface area (Å²) in [4.78, 5) is 37.9. The van der Waals surface area contributed by atoms with Gasteiger partial charge in [-0.25, -0.2) is 0 Å². The third-order valence-electron chi connectivity index (χ3n) is 10.7. The molecule has 0 aromatic rings. The van der Waals surface area contributed by atoms with Crippen molar-refractivity contribution in [2.45, 2.75) is 245 Å². The van der Waals surface area contributed by atoms with E-state index in [1.54, 1.807) is 0 Å². The highest BCUT2D eigenvalue weighted by Gasteiger charge is 2.19. The van der Waals surface area contributed by atoms with Crippen molar-refractivity contribution in [3.63, 3.8) is 0 Å². The molecule has 0 aliphatic rings. The highest BCUT2D eigenvalue weighted by Crippen LogP contribution is 2.13. The van der Waals surface area contributed by atoms with Gasteiger partial charge in [-0.1, -0.05) is 184 Å². The van der Waals surface area contributed by atoms with Crippen molar-refractivity contribution in [1.82, 2.24) is 0 Å². The van der Waals surface area contributed by atoms with Crippen LogP contribution >= 0.6 is 0 Å². The molecule has 0 spiro atoms. The first-order valence-electron chi connectivity index (χ1n) is 25.4. The summed E-state index contributed by atoms with van der Waals surface area (Å²) in [5.74, 6) is -0.947. The van der Waals surface area contributed by atoms with Gasteiger partial charge < -0.3 is 14.2 Å². The molecule has 0 aromatic heterocycles. The summed E-state index contributed by atoms with van der Waals surface area (Å²) < 4.78 is 16.7. The zero-order chi connectivity index (χ0) is 44.4. The molecule has 0 radical (unpaired) electrons. The fourth-order valence-electron chi connectivity index (χ4n) is 6.83. The number of carbonyl (C=O) groups excluding carboxylic acids is 3. The molecular formula is C55H94O6. The Balaban J connectivity index is 4.46. The Kier molecular flexibility index (Phi) is 46.9. The second kappa shape index (κ2) is 49.5. The maximum absolute atomic E-state index is 12.8. The SMILES string of the molecule is CC/C=C\C/C=C\C/C=C\CCCCCC(=O)OCC(COC(=O)CCCCCCC/C=C\C/C=C\CCCCC)OC(=O)CCCCCCC/C=C\CCCCCCCC. The minimum atomic E-state index is -0.796. The van der Waals surface area contributed by atoms with Crippen LogP contribution in [0.15, 0.2) is 72.9 Å². The van der Waals surface area contributed by atoms with E-state index in [0.29, 0.717) is 19.3 Å². The smallest absolute Gasteiger partial charge is 0.306 e. The van der Waals surface area contributed by atoms with E-state index in [2.05, 4.69) is 93.7 Å². The third-order valence-corrected chi connectivity index (χ3v) is 10.7. The maximum atomic E-state index is 12.8. The monoisotopic (exact) mass is 851 g/mol. The molecule has 0 aromatic carbocycles. The number of rotatable bonds is 45. The van der Waals surface area contributed by atoms with Gasteiger partial charge in [-0.15, -0.1) is 0 Å². The maximum Gasteiger partial charge on any atom is 0.306 e. The molecule has 0 aliphatic heterocycles. The lowest BCUT2D eigenvalue weighted by molar-refractivity contribution is -0.167. The predicted octanol–water partition coefficient (Wildman–Crippen LogP) is 16.6. The van der Waals surface area contributed by atoms with Crippen LogP contribution in [0.2, 0.25) is 0 Å². The first-order chi connectivity index (χ1) is 30.0. The molecular weight excluding hydrogens is 757 g/mol. The molecule has 0 saturated carbocycles.